The van der Waals surface area contributed by atoms with Gasteiger partial charge in [-0.15, -0.1) is 0 Å². The monoisotopic (exact) mass is 300 g/mol. The number of alkyl halides is 1. The zero-order chi connectivity index (χ0) is 15.1. The first-order valence-corrected chi connectivity index (χ1v) is 6.36. The van der Waals surface area contributed by atoms with Gasteiger partial charge in [-0.3, -0.25) is 9.59 Å². The van der Waals surface area contributed by atoms with Crippen molar-refractivity contribution in [2.75, 3.05) is 24.3 Å². The van der Waals surface area contributed by atoms with Crippen molar-refractivity contribution >= 4 is 34.9 Å². The fraction of sp³-hybridized carbons (Fsp3) is 0.385. The maximum Gasteiger partial charge on any atom is 0.304 e. The molecule has 2 N–H and O–H groups in total. The molecule has 1 aromatic rings. The van der Waals surface area contributed by atoms with Crippen LogP contribution < -0.4 is 15.4 Å². The number of rotatable bonds is 6. The van der Waals surface area contributed by atoms with Gasteiger partial charge in [-0.05, 0) is 18.2 Å². The number of halogens is 1. The van der Waals surface area contributed by atoms with E-state index in [-0.39, 0.29) is 12.5 Å². The van der Waals surface area contributed by atoms with Crippen LogP contribution in [0, 0.1) is 0 Å². The lowest BCUT2D eigenvalue weighted by molar-refractivity contribution is -0.142. The quantitative estimate of drug-likeness (QED) is 0.622. The van der Waals surface area contributed by atoms with E-state index in [1.807, 2.05) is 0 Å². The Morgan fingerprint density at radius 2 is 2.05 bits per heavy atom. The first-order chi connectivity index (χ1) is 9.42. The Kier molecular flexibility index (Phi) is 6.11. The Labute approximate surface area is 122 Å². The lowest BCUT2D eigenvalue weighted by Gasteiger charge is -2.15. The van der Waals surface area contributed by atoms with Crippen molar-refractivity contribution < 1.29 is 19.1 Å². The summed E-state index contributed by atoms with van der Waals surface area (Å²) < 4.78 is 9.99. The molecule has 0 bridgehead atoms. The van der Waals surface area contributed by atoms with Crippen molar-refractivity contribution in [1.82, 2.24) is 0 Å². The summed E-state index contributed by atoms with van der Waals surface area (Å²) in [6, 6.07) is 5.13. The molecule has 0 aliphatic heterocycles. The molecule has 0 spiro atoms. The van der Waals surface area contributed by atoms with Crippen LogP contribution in [0.25, 0.3) is 0 Å². The van der Waals surface area contributed by atoms with Crippen molar-refractivity contribution in [3.05, 3.63) is 18.2 Å². The van der Waals surface area contributed by atoms with Crippen molar-refractivity contribution in [3.63, 3.8) is 0 Å². The Bertz CT molecular complexity index is 493. The maximum absolute atomic E-state index is 11.0. The molecular formula is C13H17ClN2O4. The summed E-state index contributed by atoms with van der Waals surface area (Å²) >= 11 is 5.83. The van der Waals surface area contributed by atoms with Crippen LogP contribution in [0.2, 0.25) is 0 Å². The lowest BCUT2D eigenvalue weighted by atomic mass is 10.2. The molecule has 110 valence electrons. The lowest BCUT2D eigenvalue weighted by Crippen LogP contribution is -2.20. The highest BCUT2D eigenvalue weighted by Gasteiger charge is 2.10. The Morgan fingerprint density at radius 3 is 2.60 bits per heavy atom. The molecule has 7 heteroatoms. The van der Waals surface area contributed by atoms with Gasteiger partial charge in [0, 0.05) is 19.5 Å². The molecule has 6 nitrogen and oxygen atoms in total. The van der Waals surface area contributed by atoms with Crippen molar-refractivity contribution in [2.24, 2.45) is 0 Å². The van der Waals surface area contributed by atoms with E-state index < -0.39 is 11.5 Å². The van der Waals surface area contributed by atoms with Gasteiger partial charge >= 0.3 is 5.97 Å². The van der Waals surface area contributed by atoms with E-state index >= 15 is 0 Å². The molecule has 0 aliphatic carbocycles. The normalized spacial score (nSPS) is 11.4. The third kappa shape index (κ3) is 5.36. The van der Waals surface area contributed by atoms with E-state index in [4.69, 9.17) is 21.1 Å². The average molecular weight is 301 g/mol. The standard InChI is InChI=1S/C13H17ClN2O4/c1-8(17)16-10-4-5-12(19-3)11(6-10)15-7-13(14)20-9(2)18/h4-6,13,15H,7H2,1-3H3,(H,16,17). The number of nitrogens with one attached hydrogen (secondary N) is 2. The number of amides is 1. The fourth-order valence-corrected chi connectivity index (χ4v) is 1.74. The van der Waals surface area contributed by atoms with E-state index in [0.717, 1.165) is 0 Å². The summed E-state index contributed by atoms with van der Waals surface area (Å²) in [6.45, 7) is 2.92. The van der Waals surface area contributed by atoms with Crippen LogP contribution in [0.15, 0.2) is 18.2 Å². The van der Waals surface area contributed by atoms with Crippen LogP contribution in [0.1, 0.15) is 13.8 Å². The minimum atomic E-state index is -0.790. The van der Waals surface area contributed by atoms with Crippen LogP contribution in [0.5, 0.6) is 5.75 Å². The molecular weight excluding hydrogens is 284 g/mol. The van der Waals surface area contributed by atoms with E-state index in [0.29, 0.717) is 17.1 Å². The van der Waals surface area contributed by atoms with Gasteiger partial charge in [0.2, 0.25) is 5.91 Å². The molecule has 0 heterocycles. The summed E-state index contributed by atoms with van der Waals surface area (Å²) in [5.41, 5.74) is 0.470. The van der Waals surface area contributed by atoms with Crippen molar-refractivity contribution in [2.45, 2.75) is 19.4 Å². The van der Waals surface area contributed by atoms with Crippen molar-refractivity contribution in [3.8, 4) is 5.75 Å². The van der Waals surface area contributed by atoms with Crippen LogP contribution in [0.4, 0.5) is 11.4 Å². The molecule has 0 aromatic heterocycles. The summed E-state index contributed by atoms with van der Waals surface area (Å²) in [4.78, 5) is 21.8. The average Bonchev–Trinajstić information content (AvgIpc) is 2.35. The number of benzene rings is 1. The minimum Gasteiger partial charge on any atom is -0.495 e. The topological polar surface area (TPSA) is 76.7 Å². The van der Waals surface area contributed by atoms with Gasteiger partial charge in [0.25, 0.3) is 0 Å². The highest BCUT2D eigenvalue weighted by molar-refractivity contribution is 6.20. The first-order valence-electron chi connectivity index (χ1n) is 5.93. The Hall–Kier alpha value is -1.95. The molecule has 1 amide bonds. The van der Waals surface area contributed by atoms with Gasteiger partial charge in [-0.25, -0.2) is 0 Å². The number of carbonyl (C=O) groups is 2. The van der Waals surface area contributed by atoms with Crippen LogP contribution in [0.3, 0.4) is 0 Å². The number of esters is 1. The SMILES string of the molecule is COc1ccc(NC(C)=O)cc1NCC(Cl)OC(C)=O. The summed E-state index contributed by atoms with van der Waals surface area (Å²) in [5.74, 6) is -0.0344. The van der Waals surface area contributed by atoms with Gasteiger partial charge in [0.1, 0.15) is 5.75 Å². The number of hydrogen-bond acceptors (Lipinski definition) is 5. The molecule has 1 aromatic carbocycles. The number of hydrogen-bond donors (Lipinski definition) is 2. The van der Waals surface area contributed by atoms with E-state index in [1.165, 1.54) is 21.0 Å². The number of methoxy groups -OCH3 is 1. The zero-order valence-corrected chi connectivity index (χ0v) is 12.3. The minimum absolute atomic E-state index is 0.170. The second-order valence-corrected chi connectivity index (χ2v) is 4.48. The zero-order valence-electron chi connectivity index (χ0n) is 11.5. The molecule has 0 saturated carbocycles. The number of carbonyl (C=O) groups excluding carboxylic acids is 2. The molecule has 0 aliphatic rings. The molecule has 0 saturated heterocycles. The smallest absolute Gasteiger partial charge is 0.304 e. The predicted octanol–water partition coefficient (Wildman–Crippen LogP) is 2.19. The molecule has 1 atom stereocenters. The third-order valence-electron chi connectivity index (χ3n) is 2.27. The van der Waals surface area contributed by atoms with Crippen LogP contribution >= 0.6 is 11.6 Å². The second-order valence-electron chi connectivity index (χ2n) is 4.00. The Balaban J connectivity index is 2.75. The van der Waals surface area contributed by atoms with Crippen LogP contribution in [-0.2, 0) is 14.3 Å². The summed E-state index contributed by atoms with van der Waals surface area (Å²) in [5, 5.41) is 5.66. The summed E-state index contributed by atoms with van der Waals surface area (Å²) in [6.07, 6.45) is 0. The largest absolute Gasteiger partial charge is 0.495 e. The molecule has 0 radical (unpaired) electrons. The molecule has 20 heavy (non-hydrogen) atoms. The molecule has 1 unspecified atom stereocenters. The van der Waals surface area contributed by atoms with E-state index in [9.17, 15) is 9.59 Å². The van der Waals surface area contributed by atoms with Gasteiger partial charge in [-0.1, -0.05) is 11.6 Å². The summed E-state index contributed by atoms with van der Waals surface area (Å²) in [7, 11) is 1.53. The predicted molar refractivity (Wildman–Crippen MR) is 77.2 cm³/mol. The highest BCUT2D eigenvalue weighted by Crippen LogP contribution is 2.28. The fourth-order valence-electron chi connectivity index (χ4n) is 1.54. The number of anilines is 2. The molecule has 0 fully saturated rings. The maximum atomic E-state index is 11.0. The van der Waals surface area contributed by atoms with Crippen molar-refractivity contribution in [1.29, 1.82) is 0 Å². The van der Waals surface area contributed by atoms with Gasteiger partial charge in [-0.2, -0.15) is 0 Å². The Morgan fingerprint density at radius 1 is 1.35 bits per heavy atom. The number of ether oxygens (including phenoxy) is 2. The van der Waals surface area contributed by atoms with E-state index in [1.54, 1.807) is 18.2 Å². The van der Waals surface area contributed by atoms with Gasteiger partial charge < -0.3 is 20.1 Å². The van der Waals surface area contributed by atoms with Gasteiger partial charge in [0.15, 0.2) is 5.56 Å². The van der Waals surface area contributed by atoms with Crippen LogP contribution in [-0.4, -0.2) is 31.1 Å². The van der Waals surface area contributed by atoms with Gasteiger partial charge in [0.05, 0.1) is 19.3 Å². The third-order valence-corrected chi connectivity index (χ3v) is 2.51. The first kappa shape index (κ1) is 16.1. The molecule has 1 rings (SSSR count). The second kappa shape index (κ2) is 7.59. The van der Waals surface area contributed by atoms with E-state index in [2.05, 4.69) is 10.6 Å². The highest BCUT2D eigenvalue weighted by atomic mass is 35.5.